The fourth-order valence-corrected chi connectivity index (χ4v) is 5.07. The Labute approximate surface area is 182 Å². The molecule has 156 valence electrons. The van der Waals surface area contributed by atoms with Crippen molar-refractivity contribution < 1.29 is 9.59 Å². The molecule has 5 nitrogen and oxygen atoms in total. The SMILES string of the molecule is O=C(NCC1CN(C(=O)c2cccc(Cl)c2)CC12CN(c1ccccc1)C2)C1CC1. The summed E-state index contributed by atoms with van der Waals surface area (Å²) in [5.74, 6) is 0.645. The quantitative estimate of drug-likeness (QED) is 0.801. The van der Waals surface area contributed by atoms with E-state index in [0.29, 0.717) is 30.2 Å². The van der Waals surface area contributed by atoms with Crippen LogP contribution in [0, 0.1) is 17.3 Å². The van der Waals surface area contributed by atoms with Crippen molar-refractivity contribution >= 4 is 29.1 Å². The van der Waals surface area contributed by atoms with Gasteiger partial charge in [0.2, 0.25) is 5.91 Å². The second-order valence-corrected chi connectivity index (χ2v) is 9.40. The smallest absolute Gasteiger partial charge is 0.253 e. The summed E-state index contributed by atoms with van der Waals surface area (Å²) in [6.07, 6.45) is 2.01. The molecule has 3 aliphatic rings. The number of nitrogens with one attached hydrogen (secondary N) is 1. The van der Waals surface area contributed by atoms with E-state index in [1.165, 1.54) is 5.69 Å². The third-order valence-electron chi connectivity index (χ3n) is 6.78. The molecule has 1 unspecified atom stereocenters. The van der Waals surface area contributed by atoms with Gasteiger partial charge in [-0.05, 0) is 43.2 Å². The Morgan fingerprint density at radius 1 is 1.03 bits per heavy atom. The van der Waals surface area contributed by atoms with Crippen LogP contribution in [-0.2, 0) is 4.79 Å². The Bertz CT molecular complexity index is 954. The normalized spacial score (nSPS) is 22.1. The van der Waals surface area contributed by atoms with Crippen LogP contribution in [0.1, 0.15) is 23.2 Å². The van der Waals surface area contributed by atoms with Crippen LogP contribution in [0.4, 0.5) is 5.69 Å². The number of anilines is 1. The monoisotopic (exact) mass is 423 g/mol. The van der Waals surface area contributed by atoms with Crippen LogP contribution < -0.4 is 10.2 Å². The number of hydrogen-bond acceptors (Lipinski definition) is 3. The maximum Gasteiger partial charge on any atom is 0.253 e. The lowest BCUT2D eigenvalue weighted by atomic mass is 9.71. The minimum absolute atomic E-state index is 0.0148. The van der Waals surface area contributed by atoms with Gasteiger partial charge in [0.05, 0.1) is 0 Å². The van der Waals surface area contributed by atoms with Crippen molar-refractivity contribution in [3.05, 3.63) is 65.2 Å². The minimum Gasteiger partial charge on any atom is -0.370 e. The topological polar surface area (TPSA) is 52.7 Å². The summed E-state index contributed by atoms with van der Waals surface area (Å²) in [7, 11) is 0. The zero-order chi connectivity index (χ0) is 20.7. The van der Waals surface area contributed by atoms with E-state index in [1.54, 1.807) is 12.1 Å². The van der Waals surface area contributed by atoms with Gasteiger partial charge in [-0.25, -0.2) is 0 Å². The Morgan fingerprint density at radius 3 is 2.50 bits per heavy atom. The molecular formula is C24H26ClN3O2. The predicted molar refractivity (Wildman–Crippen MR) is 118 cm³/mol. The highest BCUT2D eigenvalue weighted by Crippen LogP contribution is 2.46. The van der Waals surface area contributed by atoms with Gasteiger partial charge in [0.25, 0.3) is 5.91 Å². The lowest BCUT2D eigenvalue weighted by Crippen LogP contribution is -2.62. The average molecular weight is 424 g/mol. The van der Waals surface area contributed by atoms with Gasteiger partial charge in [-0.1, -0.05) is 35.9 Å². The molecule has 3 fully saturated rings. The highest BCUT2D eigenvalue weighted by Gasteiger charge is 2.55. The summed E-state index contributed by atoms with van der Waals surface area (Å²) >= 11 is 6.10. The van der Waals surface area contributed by atoms with Crippen molar-refractivity contribution in [3.8, 4) is 0 Å². The summed E-state index contributed by atoms with van der Waals surface area (Å²) in [5.41, 5.74) is 1.85. The van der Waals surface area contributed by atoms with E-state index < -0.39 is 0 Å². The molecule has 2 aromatic carbocycles. The molecule has 30 heavy (non-hydrogen) atoms. The molecule has 0 bridgehead atoms. The molecule has 0 radical (unpaired) electrons. The van der Waals surface area contributed by atoms with Gasteiger partial charge in [-0.15, -0.1) is 0 Å². The molecule has 1 N–H and O–H groups in total. The van der Waals surface area contributed by atoms with Crippen LogP contribution in [0.15, 0.2) is 54.6 Å². The molecule has 1 spiro atoms. The third kappa shape index (κ3) is 3.67. The molecule has 2 saturated heterocycles. The number of hydrogen-bond donors (Lipinski definition) is 1. The average Bonchev–Trinajstić information content (AvgIpc) is 3.51. The van der Waals surface area contributed by atoms with Crippen LogP contribution in [-0.4, -0.2) is 49.4 Å². The third-order valence-corrected chi connectivity index (χ3v) is 7.01. The lowest BCUT2D eigenvalue weighted by Gasteiger charge is -2.52. The first-order valence-corrected chi connectivity index (χ1v) is 11.0. The second-order valence-electron chi connectivity index (χ2n) is 8.97. The van der Waals surface area contributed by atoms with E-state index in [-0.39, 0.29) is 29.1 Å². The van der Waals surface area contributed by atoms with Crippen LogP contribution >= 0.6 is 11.6 Å². The first-order valence-electron chi connectivity index (χ1n) is 10.7. The van der Waals surface area contributed by atoms with Gasteiger partial charge < -0.3 is 15.1 Å². The first-order chi connectivity index (χ1) is 14.5. The Kier molecular flexibility index (Phi) is 4.94. The molecule has 2 aliphatic heterocycles. The van der Waals surface area contributed by atoms with Gasteiger partial charge >= 0.3 is 0 Å². The molecule has 1 saturated carbocycles. The van der Waals surface area contributed by atoms with Gasteiger partial charge in [0, 0.05) is 66.2 Å². The first kappa shape index (κ1) is 19.4. The molecule has 5 rings (SSSR count). The van der Waals surface area contributed by atoms with E-state index in [9.17, 15) is 9.59 Å². The van der Waals surface area contributed by atoms with Crippen molar-refractivity contribution in [2.75, 3.05) is 37.6 Å². The number of nitrogens with zero attached hydrogens (tertiary/aromatic N) is 2. The van der Waals surface area contributed by atoms with Gasteiger partial charge in [0.1, 0.15) is 0 Å². The largest absolute Gasteiger partial charge is 0.370 e. The maximum atomic E-state index is 13.1. The number of rotatable bonds is 5. The zero-order valence-electron chi connectivity index (χ0n) is 16.9. The van der Waals surface area contributed by atoms with Crippen molar-refractivity contribution in [1.29, 1.82) is 0 Å². The number of para-hydroxylation sites is 1. The van der Waals surface area contributed by atoms with Crippen molar-refractivity contribution in [3.63, 3.8) is 0 Å². The standard InChI is InChI=1S/C24H26ClN3O2/c25-20-6-4-5-18(11-20)23(30)27-13-19(12-26-22(29)17-9-10-17)24(14-27)15-28(16-24)21-7-2-1-3-8-21/h1-8,11,17,19H,9-10,12-16H2,(H,26,29). The zero-order valence-corrected chi connectivity index (χ0v) is 17.6. The molecule has 0 aromatic heterocycles. The summed E-state index contributed by atoms with van der Waals surface area (Å²) < 4.78 is 0. The Morgan fingerprint density at radius 2 is 1.80 bits per heavy atom. The maximum absolute atomic E-state index is 13.1. The number of carbonyl (C=O) groups is 2. The van der Waals surface area contributed by atoms with Crippen LogP contribution in [0.3, 0.4) is 0 Å². The highest BCUT2D eigenvalue weighted by atomic mass is 35.5. The Hall–Kier alpha value is -2.53. The van der Waals surface area contributed by atoms with Gasteiger partial charge in [-0.2, -0.15) is 0 Å². The number of halogens is 1. The lowest BCUT2D eigenvalue weighted by molar-refractivity contribution is -0.122. The molecule has 2 aromatic rings. The van der Waals surface area contributed by atoms with E-state index >= 15 is 0 Å². The molecular weight excluding hydrogens is 398 g/mol. The Balaban J connectivity index is 1.32. The van der Waals surface area contributed by atoms with E-state index in [0.717, 1.165) is 25.9 Å². The summed E-state index contributed by atoms with van der Waals surface area (Å²) in [6.45, 7) is 3.82. The molecule has 2 amide bonds. The number of likely N-dealkylation sites (tertiary alicyclic amines) is 1. The number of carbonyl (C=O) groups excluding carboxylic acids is 2. The van der Waals surface area contributed by atoms with E-state index in [2.05, 4.69) is 34.5 Å². The highest BCUT2D eigenvalue weighted by molar-refractivity contribution is 6.30. The number of amides is 2. The van der Waals surface area contributed by atoms with Crippen molar-refractivity contribution in [2.45, 2.75) is 12.8 Å². The van der Waals surface area contributed by atoms with E-state index in [4.69, 9.17) is 11.6 Å². The fraction of sp³-hybridized carbons (Fsp3) is 0.417. The van der Waals surface area contributed by atoms with Crippen LogP contribution in [0.2, 0.25) is 5.02 Å². The van der Waals surface area contributed by atoms with Gasteiger partial charge in [0.15, 0.2) is 0 Å². The van der Waals surface area contributed by atoms with Gasteiger partial charge in [-0.3, -0.25) is 9.59 Å². The van der Waals surface area contributed by atoms with Crippen LogP contribution in [0.25, 0.3) is 0 Å². The van der Waals surface area contributed by atoms with E-state index in [1.807, 2.05) is 23.1 Å². The summed E-state index contributed by atoms with van der Waals surface area (Å²) in [6, 6.07) is 17.5. The summed E-state index contributed by atoms with van der Waals surface area (Å²) in [5, 5.41) is 3.73. The summed E-state index contributed by atoms with van der Waals surface area (Å²) in [4.78, 5) is 29.7. The second kappa shape index (κ2) is 7.62. The number of benzene rings is 2. The molecule has 6 heteroatoms. The van der Waals surface area contributed by atoms with Crippen molar-refractivity contribution in [1.82, 2.24) is 10.2 Å². The minimum atomic E-state index is 0.0148. The van der Waals surface area contributed by atoms with Crippen molar-refractivity contribution in [2.24, 2.45) is 17.3 Å². The predicted octanol–water partition coefficient (Wildman–Crippen LogP) is 3.44. The molecule has 2 heterocycles. The van der Waals surface area contributed by atoms with Crippen LogP contribution in [0.5, 0.6) is 0 Å². The molecule has 1 atom stereocenters. The fourth-order valence-electron chi connectivity index (χ4n) is 4.88. The molecule has 1 aliphatic carbocycles.